The van der Waals surface area contributed by atoms with Gasteiger partial charge in [0.1, 0.15) is 5.75 Å². The molecule has 0 radical (unpaired) electrons. The van der Waals surface area contributed by atoms with Gasteiger partial charge in [-0.15, -0.1) is 0 Å². The first kappa shape index (κ1) is 18.8. The number of nitrogens with one attached hydrogen (secondary N) is 2. The third kappa shape index (κ3) is 3.93. The summed E-state index contributed by atoms with van der Waals surface area (Å²) in [7, 11) is 1.59. The number of hydrogen-bond donors (Lipinski definition) is 2. The molecule has 1 amide bonds. The van der Waals surface area contributed by atoms with Crippen LogP contribution in [-0.4, -0.2) is 22.6 Å². The molecule has 1 heterocycles. The Balaban J connectivity index is 1.86. The molecular weight excluding hydrogens is 362 g/mol. The molecule has 0 aliphatic heterocycles. The second-order valence-electron chi connectivity index (χ2n) is 6.14. The number of ether oxygens (including phenoxy) is 1. The van der Waals surface area contributed by atoms with Crippen LogP contribution < -0.4 is 15.6 Å². The number of para-hydroxylation sites is 1. The van der Waals surface area contributed by atoms with Crippen LogP contribution in [0.4, 0.5) is 0 Å². The summed E-state index contributed by atoms with van der Waals surface area (Å²) in [5.74, 6) is 0.483. The summed E-state index contributed by atoms with van der Waals surface area (Å²) in [4.78, 5) is 28.1. The van der Waals surface area contributed by atoms with Crippen molar-refractivity contribution >= 4 is 29.0 Å². The largest absolute Gasteiger partial charge is 0.496 e. The van der Waals surface area contributed by atoms with Crippen molar-refractivity contribution in [1.29, 1.82) is 0 Å². The molecule has 3 aromatic rings. The lowest BCUT2D eigenvalue weighted by Crippen LogP contribution is -2.24. The molecule has 27 heavy (non-hydrogen) atoms. The third-order valence-electron chi connectivity index (χ3n) is 4.32. The van der Waals surface area contributed by atoms with Gasteiger partial charge in [0, 0.05) is 24.2 Å². The summed E-state index contributed by atoms with van der Waals surface area (Å²) in [5.41, 5.74) is 1.76. The van der Waals surface area contributed by atoms with E-state index in [1.54, 1.807) is 29.9 Å². The number of hydrogen-bond acceptors (Lipinski definition) is 4. The van der Waals surface area contributed by atoms with E-state index in [2.05, 4.69) is 10.3 Å². The van der Waals surface area contributed by atoms with E-state index in [1.165, 1.54) is 0 Å². The first-order chi connectivity index (χ1) is 13.0. The van der Waals surface area contributed by atoms with Gasteiger partial charge in [0.15, 0.2) is 4.77 Å². The van der Waals surface area contributed by atoms with Crippen LogP contribution in [0.5, 0.6) is 5.75 Å². The Kier molecular flexibility index (Phi) is 5.71. The van der Waals surface area contributed by atoms with Crippen LogP contribution in [0.15, 0.2) is 47.3 Å². The minimum Gasteiger partial charge on any atom is -0.496 e. The van der Waals surface area contributed by atoms with Crippen molar-refractivity contribution in [2.75, 3.05) is 7.11 Å². The molecule has 0 atom stereocenters. The molecule has 3 rings (SSSR count). The zero-order chi connectivity index (χ0) is 19.4. The number of aromatic nitrogens is 2. The molecule has 7 heteroatoms. The van der Waals surface area contributed by atoms with E-state index in [-0.39, 0.29) is 11.5 Å². The predicted octanol–water partition coefficient (Wildman–Crippen LogP) is 3.41. The number of fused-ring (bicyclic) bond motifs is 1. The molecule has 0 saturated carbocycles. The number of methoxy groups -OCH3 is 1. The van der Waals surface area contributed by atoms with E-state index in [0.717, 1.165) is 17.7 Å². The van der Waals surface area contributed by atoms with Crippen LogP contribution >= 0.6 is 12.2 Å². The van der Waals surface area contributed by atoms with Gasteiger partial charge in [0.25, 0.3) is 11.5 Å². The average Bonchev–Trinajstić information content (AvgIpc) is 2.69. The maximum absolute atomic E-state index is 12.6. The standard InChI is InChI=1S/C20H21N3O3S/c1-3-10-23-19(25)15-9-8-13(11-16(15)22-20(23)27)18(24)21-12-14-6-4-5-7-17(14)26-2/h4-9,11H,3,10,12H2,1-2H3,(H,21,24)(H,22,27). The van der Waals surface area contributed by atoms with Crippen molar-refractivity contribution in [2.45, 2.75) is 26.4 Å². The second kappa shape index (κ2) is 8.18. The fraction of sp³-hybridized carbons (Fsp3) is 0.250. The zero-order valence-corrected chi connectivity index (χ0v) is 16.1. The number of amides is 1. The lowest BCUT2D eigenvalue weighted by atomic mass is 10.1. The molecule has 2 N–H and O–H groups in total. The number of nitrogens with zero attached hydrogens (tertiary/aromatic N) is 1. The van der Waals surface area contributed by atoms with E-state index in [4.69, 9.17) is 17.0 Å². The Hall–Kier alpha value is -2.93. The number of H-pyrrole nitrogens is 1. The first-order valence-electron chi connectivity index (χ1n) is 8.72. The van der Waals surface area contributed by atoms with Gasteiger partial charge >= 0.3 is 0 Å². The summed E-state index contributed by atoms with van der Waals surface area (Å²) >= 11 is 5.28. The van der Waals surface area contributed by atoms with E-state index in [0.29, 0.717) is 34.3 Å². The Morgan fingerprint density at radius 1 is 1.26 bits per heavy atom. The zero-order valence-electron chi connectivity index (χ0n) is 15.2. The van der Waals surface area contributed by atoms with E-state index >= 15 is 0 Å². The molecule has 1 aromatic heterocycles. The second-order valence-corrected chi connectivity index (χ2v) is 6.53. The summed E-state index contributed by atoms with van der Waals surface area (Å²) < 4.78 is 7.20. The van der Waals surface area contributed by atoms with Crippen molar-refractivity contribution in [3.05, 3.63) is 68.7 Å². The van der Waals surface area contributed by atoms with E-state index in [9.17, 15) is 9.59 Å². The molecule has 6 nitrogen and oxygen atoms in total. The molecule has 0 fully saturated rings. The fourth-order valence-corrected chi connectivity index (χ4v) is 3.23. The van der Waals surface area contributed by atoms with Crippen molar-refractivity contribution in [2.24, 2.45) is 0 Å². The number of aromatic amines is 1. The van der Waals surface area contributed by atoms with Gasteiger partial charge in [-0.25, -0.2) is 0 Å². The van der Waals surface area contributed by atoms with Gasteiger partial charge in [-0.1, -0.05) is 25.1 Å². The number of rotatable bonds is 6. The van der Waals surface area contributed by atoms with Gasteiger partial charge in [-0.2, -0.15) is 0 Å². The Morgan fingerprint density at radius 3 is 2.78 bits per heavy atom. The van der Waals surface area contributed by atoms with Crippen LogP contribution in [0, 0.1) is 4.77 Å². The van der Waals surface area contributed by atoms with E-state index < -0.39 is 0 Å². The molecule has 2 aromatic carbocycles. The Bertz CT molecular complexity index is 1100. The molecule has 0 spiro atoms. The average molecular weight is 383 g/mol. The normalized spacial score (nSPS) is 10.7. The van der Waals surface area contributed by atoms with Gasteiger partial charge in [0.05, 0.1) is 18.0 Å². The van der Waals surface area contributed by atoms with Crippen LogP contribution in [0.1, 0.15) is 29.3 Å². The maximum Gasteiger partial charge on any atom is 0.262 e. The number of benzene rings is 2. The summed E-state index contributed by atoms with van der Waals surface area (Å²) in [6, 6.07) is 12.5. The smallest absolute Gasteiger partial charge is 0.262 e. The van der Waals surface area contributed by atoms with Crippen molar-refractivity contribution in [3.63, 3.8) is 0 Å². The molecule has 140 valence electrons. The Labute approximate surface area is 161 Å². The fourth-order valence-electron chi connectivity index (χ4n) is 2.95. The predicted molar refractivity (Wildman–Crippen MR) is 108 cm³/mol. The van der Waals surface area contributed by atoms with Crippen molar-refractivity contribution in [1.82, 2.24) is 14.9 Å². The van der Waals surface area contributed by atoms with Gasteiger partial charge in [0.2, 0.25) is 0 Å². The van der Waals surface area contributed by atoms with Crippen LogP contribution in [0.3, 0.4) is 0 Å². The highest BCUT2D eigenvalue weighted by molar-refractivity contribution is 7.71. The highest BCUT2D eigenvalue weighted by atomic mass is 32.1. The maximum atomic E-state index is 12.6. The summed E-state index contributed by atoms with van der Waals surface area (Å²) in [5, 5.41) is 3.39. The summed E-state index contributed by atoms with van der Waals surface area (Å²) in [6.07, 6.45) is 0.812. The molecule has 0 unspecified atom stereocenters. The minimum absolute atomic E-state index is 0.142. The molecule has 0 saturated heterocycles. The lowest BCUT2D eigenvalue weighted by Gasteiger charge is -2.10. The number of carbonyl (C=O) groups excluding carboxylic acids is 1. The topological polar surface area (TPSA) is 76.1 Å². The monoisotopic (exact) mass is 383 g/mol. The van der Waals surface area contributed by atoms with Gasteiger partial charge in [-0.3, -0.25) is 14.2 Å². The summed E-state index contributed by atoms with van der Waals surface area (Å²) in [6.45, 7) is 2.89. The highest BCUT2D eigenvalue weighted by Crippen LogP contribution is 2.17. The van der Waals surface area contributed by atoms with E-state index in [1.807, 2.05) is 31.2 Å². The quantitative estimate of drug-likeness (QED) is 0.640. The number of carbonyl (C=O) groups is 1. The van der Waals surface area contributed by atoms with Crippen LogP contribution in [0.25, 0.3) is 10.9 Å². The van der Waals surface area contributed by atoms with Crippen molar-refractivity contribution in [3.8, 4) is 5.75 Å². The van der Waals surface area contributed by atoms with Crippen LogP contribution in [0.2, 0.25) is 0 Å². The molecule has 0 aliphatic rings. The SMILES string of the molecule is CCCn1c(=S)[nH]c2cc(C(=O)NCc3ccccc3OC)ccc2c1=O. The third-order valence-corrected chi connectivity index (χ3v) is 4.65. The van der Waals surface area contributed by atoms with Gasteiger partial charge < -0.3 is 15.0 Å². The van der Waals surface area contributed by atoms with Gasteiger partial charge in [-0.05, 0) is 42.9 Å². The molecular formula is C20H21N3O3S. The van der Waals surface area contributed by atoms with Crippen molar-refractivity contribution < 1.29 is 9.53 Å². The molecule has 0 bridgehead atoms. The molecule has 0 aliphatic carbocycles. The Morgan fingerprint density at radius 2 is 2.04 bits per heavy atom. The first-order valence-corrected chi connectivity index (χ1v) is 9.13. The highest BCUT2D eigenvalue weighted by Gasteiger charge is 2.11. The van der Waals surface area contributed by atoms with Crippen LogP contribution in [-0.2, 0) is 13.1 Å². The lowest BCUT2D eigenvalue weighted by molar-refractivity contribution is 0.0951. The minimum atomic E-state index is -0.236.